The van der Waals surface area contributed by atoms with Crippen LogP contribution < -0.4 is 5.32 Å². The zero-order chi connectivity index (χ0) is 13.7. The molecule has 1 fully saturated rings. The molecule has 1 amide bonds. The Morgan fingerprint density at radius 2 is 1.95 bits per heavy atom. The van der Waals surface area contributed by atoms with Crippen molar-refractivity contribution in [3.8, 4) is 0 Å². The van der Waals surface area contributed by atoms with Gasteiger partial charge in [-0.2, -0.15) is 0 Å². The first kappa shape index (κ1) is 14.1. The van der Waals surface area contributed by atoms with Crippen molar-refractivity contribution in [2.75, 3.05) is 11.9 Å². The predicted molar refractivity (Wildman–Crippen MR) is 77.0 cm³/mol. The standard InChI is InChI=1S/C16H23NO2/c1-2-12-7-9-14(10-8-12)17-16(19)15-6-4-3-5-13(15)11-18/h7-10,13,15,18H,2-6,11H2,1H3,(H,17,19). The molecule has 104 valence electrons. The molecule has 0 bridgehead atoms. The first-order chi connectivity index (χ1) is 9.24. The van der Waals surface area contributed by atoms with Crippen LogP contribution in [0.5, 0.6) is 0 Å². The van der Waals surface area contributed by atoms with E-state index in [4.69, 9.17) is 0 Å². The lowest BCUT2D eigenvalue weighted by Crippen LogP contribution is -2.33. The maximum absolute atomic E-state index is 12.3. The number of aliphatic hydroxyl groups is 1. The van der Waals surface area contributed by atoms with Gasteiger partial charge in [0.05, 0.1) is 0 Å². The van der Waals surface area contributed by atoms with Crippen LogP contribution in [0.1, 0.15) is 38.2 Å². The molecule has 3 heteroatoms. The minimum absolute atomic E-state index is 0.0374. The summed E-state index contributed by atoms with van der Waals surface area (Å²) in [6, 6.07) is 7.99. The first-order valence-electron chi connectivity index (χ1n) is 7.25. The second-order valence-corrected chi connectivity index (χ2v) is 5.37. The number of hydrogen-bond donors (Lipinski definition) is 2. The van der Waals surface area contributed by atoms with Gasteiger partial charge in [0.15, 0.2) is 0 Å². The van der Waals surface area contributed by atoms with Crippen LogP contribution >= 0.6 is 0 Å². The molecule has 2 atom stereocenters. The molecule has 1 aliphatic rings. The van der Waals surface area contributed by atoms with Crippen molar-refractivity contribution in [3.63, 3.8) is 0 Å². The minimum atomic E-state index is -0.0374. The van der Waals surface area contributed by atoms with E-state index < -0.39 is 0 Å². The maximum atomic E-state index is 12.3. The Labute approximate surface area is 115 Å². The topological polar surface area (TPSA) is 49.3 Å². The monoisotopic (exact) mass is 261 g/mol. The molecule has 0 aromatic heterocycles. The number of amides is 1. The highest BCUT2D eigenvalue weighted by molar-refractivity contribution is 5.92. The van der Waals surface area contributed by atoms with Crippen molar-refractivity contribution < 1.29 is 9.90 Å². The average molecular weight is 261 g/mol. The fraction of sp³-hybridized carbons (Fsp3) is 0.562. The van der Waals surface area contributed by atoms with E-state index in [1.807, 2.05) is 24.3 Å². The third-order valence-corrected chi connectivity index (χ3v) is 4.11. The number of aryl methyl sites for hydroxylation is 1. The lowest BCUT2D eigenvalue weighted by Gasteiger charge is -2.29. The molecular formula is C16H23NO2. The Morgan fingerprint density at radius 1 is 1.26 bits per heavy atom. The highest BCUT2D eigenvalue weighted by Crippen LogP contribution is 2.30. The van der Waals surface area contributed by atoms with Gasteiger partial charge < -0.3 is 10.4 Å². The summed E-state index contributed by atoms with van der Waals surface area (Å²) in [6.45, 7) is 2.23. The summed E-state index contributed by atoms with van der Waals surface area (Å²) in [4.78, 5) is 12.3. The molecule has 1 saturated carbocycles. The van der Waals surface area contributed by atoms with Crippen LogP contribution in [0.4, 0.5) is 5.69 Å². The molecule has 19 heavy (non-hydrogen) atoms. The van der Waals surface area contributed by atoms with E-state index >= 15 is 0 Å². The van der Waals surface area contributed by atoms with E-state index in [-0.39, 0.29) is 24.3 Å². The summed E-state index contributed by atoms with van der Waals surface area (Å²) in [5.41, 5.74) is 2.12. The predicted octanol–water partition coefficient (Wildman–Crippen LogP) is 2.99. The molecule has 1 aromatic carbocycles. The number of anilines is 1. The first-order valence-corrected chi connectivity index (χ1v) is 7.25. The van der Waals surface area contributed by atoms with Gasteiger partial charge in [0, 0.05) is 18.2 Å². The number of carbonyl (C=O) groups excluding carboxylic acids is 1. The van der Waals surface area contributed by atoms with Crippen LogP contribution in [-0.2, 0) is 11.2 Å². The number of hydrogen-bond acceptors (Lipinski definition) is 2. The summed E-state index contributed by atoms with van der Waals surface area (Å²) in [5, 5.41) is 12.3. The summed E-state index contributed by atoms with van der Waals surface area (Å²) >= 11 is 0. The van der Waals surface area contributed by atoms with Crippen LogP contribution in [0.2, 0.25) is 0 Å². The number of aliphatic hydroxyl groups excluding tert-OH is 1. The van der Waals surface area contributed by atoms with E-state index in [2.05, 4.69) is 12.2 Å². The molecule has 2 unspecified atom stereocenters. The molecular weight excluding hydrogens is 238 g/mol. The Hall–Kier alpha value is -1.35. The van der Waals surface area contributed by atoms with Gasteiger partial charge >= 0.3 is 0 Å². The molecule has 0 heterocycles. The van der Waals surface area contributed by atoms with Crippen molar-refractivity contribution >= 4 is 11.6 Å². The molecule has 0 saturated heterocycles. The normalized spacial score (nSPS) is 23.1. The Balaban J connectivity index is 1.98. The smallest absolute Gasteiger partial charge is 0.227 e. The largest absolute Gasteiger partial charge is 0.396 e. The van der Waals surface area contributed by atoms with Gasteiger partial charge in [0.25, 0.3) is 0 Å². The van der Waals surface area contributed by atoms with Crippen molar-refractivity contribution in [2.24, 2.45) is 11.8 Å². The van der Waals surface area contributed by atoms with Crippen LogP contribution in [0, 0.1) is 11.8 Å². The van der Waals surface area contributed by atoms with E-state index in [0.717, 1.165) is 37.8 Å². The molecule has 0 spiro atoms. The van der Waals surface area contributed by atoms with Crippen LogP contribution in [-0.4, -0.2) is 17.6 Å². The number of rotatable bonds is 4. The molecule has 1 aliphatic carbocycles. The lowest BCUT2D eigenvalue weighted by molar-refractivity contribution is -0.123. The third kappa shape index (κ3) is 3.57. The highest BCUT2D eigenvalue weighted by atomic mass is 16.3. The summed E-state index contributed by atoms with van der Waals surface area (Å²) < 4.78 is 0. The lowest BCUT2D eigenvalue weighted by atomic mass is 9.79. The van der Waals surface area contributed by atoms with Gasteiger partial charge in [-0.1, -0.05) is 31.9 Å². The van der Waals surface area contributed by atoms with Gasteiger partial charge in [0.1, 0.15) is 0 Å². The SMILES string of the molecule is CCc1ccc(NC(=O)C2CCCCC2CO)cc1. The fourth-order valence-corrected chi connectivity index (χ4v) is 2.83. The quantitative estimate of drug-likeness (QED) is 0.875. The zero-order valence-electron chi connectivity index (χ0n) is 11.6. The molecule has 2 rings (SSSR count). The number of nitrogens with one attached hydrogen (secondary N) is 1. The number of benzene rings is 1. The van der Waals surface area contributed by atoms with E-state index in [1.165, 1.54) is 5.56 Å². The van der Waals surface area contributed by atoms with Crippen LogP contribution in [0.3, 0.4) is 0 Å². The van der Waals surface area contributed by atoms with E-state index in [0.29, 0.717) is 0 Å². The highest BCUT2D eigenvalue weighted by Gasteiger charge is 2.30. The fourth-order valence-electron chi connectivity index (χ4n) is 2.83. The van der Waals surface area contributed by atoms with E-state index in [1.54, 1.807) is 0 Å². The van der Waals surface area contributed by atoms with Gasteiger partial charge in [0.2, 0.25) is 5.91 Å². The van der Waals surface area contributed by atoms with Gasteiger partial charge in [-0.3, -0.25) is 4.79 Å². The Bertz CT molecular complexity index is 413. The Kier molecular flexibility index (Phi) is 4.97. The van der Waals surface area contributed by atoms with Gasteiger partial charge in [-0.25, -0.2) is 0 Å². The maximum Gasteiger partial charge on any atom is 0.227 e. The number of carbonyl (C=O) groups is 1. The summed E-state index contributed by atoms with van der Waals surface area (Å²) in [5.74, 6) is 0.149. The molecule has 3 nitrogen and oxygen atoms in total. The van der Waals surface area contributed by atoms with Crippen molar-refractivity contribution in [2.45, 2.75) is 39.0 Å². The van der Waals surface area contributed by atoms with Crippen LogP contribution in [0.25, 0.3) is 0 Å². The Morgan fingerprint density at radius 3 is 2.58 bits per heavy atom. The molecule has 0 aliphatic heterocycles. The second-order valence-electron chi connectivity index (χ2n) is 5.37. The van der Waals surface area contributed by atoms with Gasteiger partial charge in [-0.05, 0) is 42.9 Å². The van der Waals surface area contributed by atoms with E-state index in [9.17, 15) is 9.90 Å². The second kappa shape index (κ2) is 6.71. The molecule has 2 N–H and O–H groups in total. The molecule has 1 aromatic rings. The molecule has 0 radical (unpaired) electrons. The third-order valence-electron chi connectivity index (χ3n) is 4.11. The average Bonchev–Trinajstić information content (AvgIpc) is 2.48. The van der Waals surface area contributed by atoms with Crippen molar-refractivity contribution in [1.82, 2.24) is 0 Å². The minimum Gasteiger partial charge on any atom is -0.396 e. The summed E-state index contributed by atoms with van der Waals surface area (Å²) in [7, 11) is 0. The van der Waals surface area contributed by atoms with Crippen LogP contribution in [0.15, 0.2) is 24.3 Å². The van der Waals surface area contributed by atoms with Crippen molar-refractivity contribution in [3.05, 3.63) is 29.8 Å². The van der Waals surface area contributed by atoms with Gasteiger partial charge in [-0.15, -0.1) is 0 Å². The van der Waals surface area contributed by atoms with Crippen molar-refractivity contribution in [1.29, 1.82) is 0 Å². The summed E-state index contributed by atoms with van der Waals surface area (Å²) in [6.07, 6.45) is 5.07. The zero-order valence-corrected chi connectivity index (χ0v) is 11.6.